The maximum absolute atomic E-state index is 4.44. The smallest absolute Gasteiger partial charge is 0.0954 e. The molecule has 1 atom stereocenters. The number of hydrogen-bond donors (Lipinski definition) is 1. The lowest BCUT2D eigenvalue weighted by Crippen LogP contribution is -2.16. The topological polar surface area (TPSA) is 29.9 Å². The zero-order valence-corrected chi connectivity index (χ0v) is 8.38. The van der Waals surface area contributed by atoms with Crippen molar-refractivity contribution < 1.29 is 0 Å². The highest BCUT2D eigenvalue weighted by atomic mass is 15.1. The Morgan fingerprint density at radius 3 is 3.31 bits per heavy atom. The summed E-state index contributed by atoms with van der Waals surface area (Å²) >= 11 is 0. The minimum atomic E-state index is 0.641. The van der Waals surface area contributed by atoms with Gasteiger partial charge in [0.15, 0.2) is 0 Å². The van der Waals surface area contributed by atoms with Crippen molar-refractivity contribution >= 4 is 0 Å². The van der Waals surface area contributed by atoms with Crippen LogP contribution in [0.25, 0.3) is 0 Å². The fraction of sp³-hybridized carbons (Fsp3) is 0.700. The molecule has 0 amide bonds. The molecule has 1 aromatic heterocycles. The van der Waals surface area contributed by atoms with E-state index in [4.69, 9.17) is 0 Å². The zero-order chi connectivity index (χ0) is 9.26. The number of nitrogens with zero attached hydrogens (tertiary/aromatic N) is 2. The lowest BCUT2D eigenvalue weighted by Gasteiger charge is -2.22. The van der Waals surface area contributed by atoms with Crippen LogP contribution in [0.15, 0.2) is 6.33 Å². The van der Waals surface area contributed by atoms with E-state index in [1.807, 2.05) is 13.4 Å². The molecule has 0 spiro atoms. The molecule has 0 bridgehead atoms. The van der Waals surface area contributed by atoms with Crippen LogP contribution in [0.2, 0.25) is 0 Å². The Balaban J connectivity index is 2.30. The summed E-state index contributed by atoms with van der Waals surface area (Å²) < 4.78 is 2.33. The molecule has 2 rings (SSSR count). The van der Waals surface area contributed by atoms with Gasteiger partial charge >= 0.3 is 0 Å². The van der Waals surface area contributed by atoms with E-state index in [0.717, 1.165) is 6.54 Å². The molecule has 1 aromatic rings. The van der Waals surface area contributed by atoms with Gasteiger partial charge in [-0.3, -0.25) is 0 Å². The molecule has 1 N–H and O–H groups in total. The van der Waals surface area contributed by atoms with Gasteiger partial charge < -0.3 is 9.88 Å². The second-order valence-electron chi connectivity index (χ2n) is 3.82. The zero-order valence-electron chi connectivity index (χ0n) is 8.38. The Labute approximate surface area is 79.2 Å². The lowest BCUT2D eigenvalue weighted by molar-refractivity contribution is 0.429. The molecule has 13 heavy (non-hydrogen) atoms. The average molecular weight is 179 g/mol. The Morgan fingerprint density at radius 1 is 1.69 bits per heavy atom. The number of aromatic nitrogens is 2. The fourth-order valence-electron chi connectivity index (χ4n) is 2.10. The van der Waals surface area contributed by atoms with Gasteiger partial charge in [0.1, 0.15) is 0 Å². The molecule has 72 valence electrons. The summed E-state index contributed by atoms with van der Waals surface area (Å²) in [5.41, 5.74) is 2.67. The van der Waals surface area contributed by atoms with Crippen molar-refractivity contribution in [2.24, 2.45) is 0 Å². The third-order valence-electron chi connectivity index (χ3n) is 2.84. The van der Waals surface area contributed by atoms with Crippen LogP contribution in [0.1, 0.15) is 37.2 Å². The maximum Gasteiger partial charge on any atom is 0.0954 e. The summed E-state index contributed by atoms with van der Waals surface area (Å²) in [7, 11) is 1.97. The molecule has 3 heteroatoms. The Hall–Kier alpha value is -0.830. The number of hydrogen-bond acceptors (Lipinski definition) is 2. The van der Waals surface area contributed by atoms with E-state index >= 15 is 0 Å². The van der Waals surface area contributed by atoms with Crippen molar-refractivity contribution in [1.29, 1.82) is 0 Å². The summed E-state index contributed by atoms with van der Waals surface area (Å²) in [6.45, 7) is 3.17. The van der Waals surface area contributed by atoms with Gasteiger partial charge in [0.2, 0.25) is 0 Å². The van der Waals surface area contributed by atoms with Gasteiger partial charge in [0.05, 0.1) is 12.0 Å². The molecule has 0 saturated heterocycles. The minimum absolute atomic E-state index is 0.641. The number of fused-ring (bicyclic) bond motifs is 1. The highest BCUT2D eigenvalue weighted by molar-refractivity contribution is 5.15. The van der Waals surface area contributed by atoms with Gasteiger partial charge in [0, 0.05) is 18.3 Å². The van der Waals surface area contributed by atoms with E-state index in [-0.39, 0.29) is 0 Å². The summed E-state index contributed by atoms with van der Waals surface area (Å²) in [6, 6.07) is 0.641. The van der Waals surface area contributed by atoms with E-state index in [0.29, 0.717) is 6.04 Å². The molecular formula is C10H17N3. The van der Waals surface area contributed by atoms with Crippen LogP contribution in [-0.2, 0) is 13.0 Å². The van der Waals surface area contributed by atoms with Crippen molar-refractivity contribution in [3.05, 3.63) is 17.7 Å². The van der Waals surface area contributed by atoms with Gasteiger partial charge in [-0.25, -0.2) is 4.98 Å². The normalized spacial score (nSPS) is 21.5. The average Bonchev–Trinajstić information content (AvgIpc) is 2.51. The molecule has 1 unspecified atom stereocenters. The number of imidazole rings is 1. The molecule has 2 heterocycles. The van der Waals surface area contributed by atoms with Gasteiger partial charge in [-0.15, -0.1) is 0 Å². The predicted octanol–water partition coefficient (Wildman–Crippen LogP) is 1.50. The third kappa shape index (κ3) is 1.48. The Morgan fingerprint density at radius 2 is 2.54 bits per heavy atom. The summed E-state index contributed by atoms with van der Waals surface area (Å²) in [4.78, 5) is 4.44. The standard InChI is InChI=1S/C10H17N3/c1-8-4-3-5-10-9(6-11-2)12-7-13(8)10/h7-8,11H,3-6H2,1-2H3. The van der Waals surface area contributed by atoms with Crippen LogP contribution in [0.4, 0.5) is 0 Å². The van der Waals surface area contributed by atoms with Crippen LogP contribution in [0, 0.1) is 0 Å². The van der Waals surface area contributed by atoms with Gasteiger partial charge in [-0.2, -0.15) is 0 Å². The first kappa shape index (κ1) is 8.75. The van der Waals surface area contributed by atoms with Crippen molar-refractivity contribution in [1.82, 2.24) is 14.9 Å². The molecule has 0 radical (unpaired) electrons. The second kappa shape index (κ2) is 3.50. The molecule has 0 saturated carbocycles. The molecule has 3 nitrogen and oxygen atoms in total. The van der Waals surface area contributed by atoms with Gasteiger partial charge in [-0.05, 0) is 33.2 Å². The largest absolute Gasteiger partial charge is 0.331 e. The first-order valence-corrected chi connectivity index (χ1v) is 5.02. The number of rotatable bonds is 2. The van der Waals surface area contributed by atoms with Gasteiger partial charge in [-0.1, -0.05) is 0 Å². The highest BCUT2D eigenvalue weighted by Gasteiger charge is 2.18. The lowest BCUT2D eigenvalue weighted by atomic mass is 10.0. The SMILES string of the molecule is CNCc1ncn2c1CCCC2C. The van der Waals surface area contributed by atoms with E-state index in [1.54, 1.807) is 0 Å². The molecule has 1 aliphatic rings. The van der Waals surface area contributed by atoms with Crippen LogP contribution in [0.3, 0.4) is 0 Å². The molecular weight excluding hydrogens is 162 g/mol. The first-order valence-electron chi connectivity index (χ1n) is 5.02. The Bertz CT molecular complexity index is 290. The van der Waals surface area contributed by atoms with Crippen molar-refractivity contribution in [3.63, 3.8) is 0 Å². The van der Waals surface area contributed by atoms with E-state index in [9.17, 15) is 0 Å². The molecule has 0 aliphatic carbocycles. The fourth-order valence-corrected chi connectivity index (χ4v) is 2.10. The highest BCUT2D eigenvalue weighted by Crippen LogP contribution is 2.25. The summed E-state index contributed by atoms with van der Waals surface area (Å²) in [5, 5.41) is 3.16. The molecule has 0 aromatic carbocycles. The summed E-state index contributed by atoms with van der Waals surface area (Å²) in [6.07, 6.45) is 5.79. The van der Waals surface area contributed by atoms with Crippen molar-refractivity contribution in [2.45, 2.75) is 38.8 Å². The van der Waals surface area contributed by atoms with Crippen LogP contribution in [0.5, 0.6) is 0 Å². The van der Waals surface area contributed by atoms with Crippen LogP contribution >= 0.6 is 0 Å². The number of nitrogens with one attached hydrogen (secondary N) is 1. The van der Waals surface area contributed by atoms with Crippen LogP contribution in [-0.4, -0.2) is 16.6 Å². The molecule has 0 fully saturated rings. The molecule has 1 aliphatic heterocycles. The van der Waals surface area contributed by atoms with Crippen molar-refractivity contribution in [2.75, 3.05) is 7.05 Å². The predicted molar refractivity (Wildman–Crippen MR) is 52.6 cm³/mol. The third-order valence-corrected chi connectivity index (χ3v) is 2.84. The quantitative estimate of drug-likeness (QED) is 0.745. The Kier molecular flexibility index (Phi) is 2.36. The first-order chi connectivity index (χ1) is 6.33. The van der Waals surface area contributed by atoms with Crippen molar-refractivity contribution in [3.8, 4) is 0 Å². The van der Waals surface area contributed by atoms with E-state index in [2.05, 4.69) is 21.8 Å². The summed E-state index contributed by atoms with van der Waals surface area (Å²) in [5.74, 6) is 0. The van der Waals surface area contributed by atoms with Gasteiger partial charge in [0.25, 0.3) is 0 Å². The van der Waals surface area contributed by atoms with E-state index < -0.39 is 0 Å². The van der Waals surface area contributed by atoms with E-state index in [1.165, 1.54) is 30.7 Å². The monoisotopic (exact) mass is 179 g/mol. The van der Waals surface area contributed by atoms with Crippen LogP contribution < -0.4 is 5.32 Å². The minimum Gasteiger partial charge on any atom is -0.331 e. The maximum atomic E-state index is 4.44. The second-order valence-corrected chi connectivity index (χ2v) is 3.82.